The third kappa shape index (κ3) is 46.9. The molecule has 0 aliphatic rings. The van der Waals surface area contributed by atoms with Crippen molar-refractivity contribution in [3.63, 3.8) is 0 Å². The third-order valence-corrected chi connectivity index (χ3v) is 1.39. The summed E-state index contributed by atoms with van der Waals surface area (Å²) in [6.07, 6.45) is 0. The summed E-state index contributed by atoms with van der Waals surface area (Å²) >= 11 is 0. The first-order valence-corrected chi connectivity index (χ1v) is 5.67. The molecule has 17 heavy (non-hydrogen) atoms. The van der Waals surface area contributed by atoms with Crippen LogP contribution in [0.3, 0.4) is 0 Å². The summed E-state index contributed by atoms with van der Waals surface area (Å²) in [6.45, 7) is 5.46. The van der Waals surface area contributed by atoms with Gasteiger partial charge in [-0.05, 0) is 0 Å². The molecule has 0 bridgehead atoms. The third-order valence-electron chi connectivity index (χ3n) is 0.465. The fraction of sp³-hybridized carbons (Fsp3) is 0.500. The van der Waals surface area contributed by atoms with E-state index in [4.69, 9.17) is 9.11 Å². The van der Waals surface area contributed by atoms with Crippen LogP contribution in [0.1, 0.15) is 0 Å². The molecule has 0 rings (SSSR count). The molecular weight excluding hydrogens is 409 g/mol. The summed E-state index contributed by atoms with van der Waals surface area (Å²) in [7, 11) is -8.47. The number of rotatable bonds is 4. The molecule has 0 saturated carbocycles. The van der Waals surface area contributed by atoms with E-state index in [2.05, 4.69) is 22.2 Å². The Bertz CT molecular complexity index is 286. The Morgan fingerprint density at radius 2 is 1.00 bits per heavy atom. The zero-order chi connectivity index (χ0) is 11.8. The topological polar surface area (TPSA) is 190 Å². The van der Waals surface area contributed by atoms with Crippen LogP contribution in [0.25, 0.3) is 0 Å². The van der Waals surface area contributed by atoms with Crippen molar-refractivity contribution in [1.82, 2.24) is 0 Å². The van der Waals surface area contributed by atoms with Crippen LogP contribution in [0.4, 0.5) is 0 Å². The fourth-order valence-corrected chi connectivity index (χ4v) is 0.632. The van der Waals surface area contributed by atoms with E-state index in [1.807, 2.05) is 0 Å². The van der Waals surface area contributed by atoms with E-state index in [1.54, 1.807) is 0 Å². The van der Waals surface area contributed by atoms with Gasteiger partial charge < -0.3 is 24.8 Å². The molecule has 0 aliphatic carbocycles. The summed E-state index contributed by atoms with van der Waals surface area (Å²) in [5.74, 6) is 0. The Labute approximate surface area is 140 Å². The Morgan fingerprint density at radius 3 is 1.00 bits per heavy atom. The van der Waals surface area contributed by atoms with Crippen molar-refractivity contribution in [2.24, 2.45) is 0 Å². The second kappa shape index (κ2) is 15.3. The van der Waals surface area contributed by atoms with Crippen molar-refractivity contribution < 1.29 is 45.3 Å². The maximum absolute atomic E-state index is 9.52. The van der Waals surface area contributed by atoms with Crippen molar-refractivity contribution in [1.29, 1.82) is 0 Å². The van der Waals surface area contributed by atoms with Crippen LogP contribution in [0, 0.1) is 13.8 Å². The molecular formula is C4H14BaO10S2. The molecule has 0 radical (unpaired) electrons. The Balaban J connectivity index is -0.0000000480. The smallest absolute Gasteiger partial charge is 0.412 e. The molecule has 104 valence electrons. The van der Waals surface area contributed by atoms with Gasteiger partial charge in [0.15, 0.2) is 0 Å². The summed E-state index contributed by atoms with van der Waals surface area (Å²) in [6, 6.07) is 0. The Kier molecular flexibility index (Phi) is 27.8. The summed E-state index contributed by atoms with van der Waals surface area (Å²) in [4.78, 5) is 0. The molecule has 10 nitrogen and oxygen atoms in total. The summed E-state index contributed by atoms with van der Waals surface area (Å²) in [5.41, 5.74) is 0. The van der Waals surface area contributed by atoms with Crippen molar-refractivity contribution in [3.8, 4) is 0 Å². The van der Waals surface area contributed by atoms with E-state index in [-0.39, 0.29) is 73.0 Å². The first-order chi connectivity index (χ1) is 6.12. The largest absolute Gasteiger partial charge is 2.00 e. The molecule has 0 aromatic rings. The molecule has 6 N–H and O–H groups in total. The van der Waals surface area contributed by atoms with Crippen LogP contribution >= 0.6 is 0 Å². The number of hydrogen-bond acceptors (Lipinski definition) is 6. The summed E-state index contributed by atoms with van der Waals surface area (Å²) < 4.78 is 60.8. The van der Waals surface area contributed by atoms with Crippen LogP contribution in [0.15, 0.2) is 0 Å². The van der Waals surface area contributed by atoms with Crippen LogP contribution in [0.5, 0.6) is 0 Å². The quantitative estimate of drug-likeness (QED) is 0.276. The maximum atomic E-state index is 9.52. The minimum absolute atomic E-state index is 0. The first kappa shape index (κ1) is 30.9. The molecule has 0 aromatic heterocycles. The van der Waals surface area contributed by atoms with Crippen molar-refractivity contribution in [2.75, 3.05) is 13.2 Å². The average molecular weight is 424 g/mol. The molecule has 13 heteroatoms. The van der Waals surface area contributed by atoms with Crippen LogP contribution in [0.2, 0.25) is 0 Å². The molecule has 0 aliphatic heterocycles. The van der Waals surface area contributed by atoms with Gasteiger partial charge >= 0.3 is 69.7 Å². The Morgan fingerprint density at radius 1 is 0.824 bits per heavy atom. The van der Waals surface area contributed by atoms with Crippen molar-refractivity contribution >= 4 is 69.7 Å². The maximum Gasteiger partial charge on any atom is 2.00 e. The molecule has 0 heterocycles. The number of hydrogen-bond donors (Lipinski definition) is 2. The monoisotopic (exact) mass is 424 g/mol. The predicted molar refractivity (Wildman–Crippen MR) is 58.7 cm³/mol. The van der Waals surface area contributed by atoms with Crippen molar-refractivity contribution in [2.45, 2.75) is 0 Å². The van der Waals surface area contributed by atoms with E-state index in [1.165, 1.54) is 0 Å². The van der Waals surface area contributed by atoms with E-state index in [0.717, 1.165) is 0 Å². The normalized spacial score (nSPS) is 9.65. The molecule has 0 atom stereocenters. The molecule has 0 spiro atoms. The SMILES string of the molecule is O.O.[Ba+2].[CH2-]COS(=O)(=O)O.[CH2-]COS(=O)(=O)O. The Hall–Kier alpha value is 1.23. The van der Waals surface area contributed by atoms with Gasteiger partial charge in [-0.1, -0.05) is 13.2 Å². The molecule has 0 fully saturated rings. The van der Waals surface area contributed by atoms with Gasteiger partial charge in [-0.3, -0.25) is 17.5 Å². The zero-order valence-electron chi connectivity index (χ0n) is 8.70. The fourth-order valence-electron chi connectivity index (χ4n) is 0.211. The van der Waals surface area contributed by atoms with Gasteiger partial charge in [0, 0.05) is 0 Å². The first-order valence-electron chi connectivity index (χ1n) is 2.94. The van der Waals surface area contributed by atoms with Gasteiger partial charge in [0.1, 0.15) is 0 Å². The average Bonchev–Trinajstić information content (AvgIpc) is 1.81. The predicted octanol–water partition coefficient (Wildman–Crippen LogP) is -2.75. The zero-order valence-corrected chi connectivity index (χ0v) is 14.8. The molecule has 0 saturated heterocycles. The van der Waals surface area contributed by atoms with Gasteiger partial charge in [0.2, 0.25) is 0 Å². The van der Waals surface area contributed by atoms with Crippen molar-refractivity contribution in [3.05, 3.63) is 13.8 Å². The second-order valence-electron chi connectivity index (χ2n) is 1.50. The van der Waals surface area contributed by atoms with Gasteiger partial charge in [-0.25, -0.2) is 0 Å². The van der Waals surface area contributed by atoms with E-state index in [9.17, 15) is 16.8 Å². The minimum Gasteiger partial charge on any atom is -0.412 e. The standard InChI is InChI=1S/2C2H5O4S.Ba.2H2O/c2*1-2-6-7(3,4)5;;;/h2*1-2H2,(H,3,4,5);;2*1H2/q2*-1;+2;;. The summed E-state index contributed by atoms with van der Waals surface area (Å²) in [5, 5.41) is 0. The second-order valence-corrected chi connectivity index (χ2v) is 3.68. The van der Waals surface area contributed by atoms with E-state index in [0.29, 0.717) is 0 Å². The van der Waals surface area contributed by atoms with Gasteiger partial charge in [0.05, 0.1) is 0 Å². The van der Waals surface area contributed by atoms with E-state index >= 15 is 0 Å². The van der Waals surface area contributed by atoms with Gasteiger partial charge in [-0.2, -0.15) is 16.8 Å². The molecule has 0 aromatic carbocycles. The molecule has 0 unspecified atom stereocenters. The van der Waals surface area contributed by atoms with E-state index < -0.39 is 20.8 Å². The van der Waals surface area contributed by atoms with Gasteiger partial charge in [0.25, 0.3) is 0 Å². The van der Waals surface area contributed by atoms with Crippen LogP contribution < -0.4 is 0 Å². The van der Waals surface area contributed by atoms with Crippen LogP contribution in [-0.4, -0.2) is 99.0 Å². The minimum atomic E-state index is -4.24. The molecule has 0 amide bonds. The van der Waals surface area contributed by atoms with Crippen LogP contribution in [-0.2, 0) is 29.2 Å². The van der Waals surface area contributed by atoms with Gasteiger partial charge in [-0.15, -0.1) is 0 Å².